The summed E-state index contributed by atoms with van der Waals surface area (Å²) in [5, 5.41) is 5.04. The number of nitrogens with zero attached hydrogens (tertiary/aromatic N) is 2. The van der Waals surface area contributed by atoms with Crippen LogP contribution >= 0.6 is 34.8 Å². The van der Waals surface area contributed by atoms with Gasteiger partial charge in [-0.2, -0.15) is 5.10 Å². The van der Waals surface area contributed by atoms with E-state index in [1.54, 1.807) is 36.4 Å². The van der Waals surface area contributed by atoms with Gasteiger partial charge in [-0.25, -0.2) is 13.8 Å². The Labute approximate surface area is 207 Å². The molecule has 0 aliphatic carbocycles. The maximum absolute atomic E-state index is 13.4. The van der Waals surface area contributed by atoms with Crippen LogP contribution in [0.5, 0.6) is 0 Å². The molecule has 0 aromatic heterocycles. The molecule has 0 saturated heterocycles. The summed E-state index contributed by atoms with van der Waals surface area (Å²) in [4.78, 5) is 12.6. The average Bonchev–Trinajstić information content (AvgIpc) is 2.77. The standard InChI is InChI=1S/C23H20Cl3N3O3S/c1-15-3-7-19(11-16(15)2)29(33(31,32)20-8-5-18(24)6-9-20)14-23(30)28-27-13-17-4-10-21(25)22(26)12-17/h3-13H,14H2,1-2H3,(H,28,30)/b27-13-. The normalized spacial score (nSPS) is 11.5. The van der Waals surface area contributed by atoms with Crippen molar-refractivity contribution in [2.75, 3.05) is 10.8 Å². The summed E-state index contributed by atoms with van der Waals surface area (Å²) in [5.41, 5.74) is 5.21. The molecule has 0 radical (unpaired) electrons. The number of amides is 1. The molecule has 0 heterocycles. The first-order valence-corrected chi connectivity index (χ1v) is 12.3. The second-order valence-electron chi connectivity index (χ2n) is 7.20. The Morgan fingerprint density at radius 1 is 0.939 bits per heavy atom. The number of rotatable bonds is 7. The fourth-order valence-electron chi connectivity index (χ4n) is 2.87. The summed E-state index contributed by atoms with van der Waals surface area (Å²) in [6.07, 6.45) is 1.38. The van der Waals surface area contributed by atoms with Gasteiger partial charge in [-0.1, -0.05) is 46.9 Å². The van der Waals surface area contributed by atoms with Gasteiger partial charge >= 0.3 is 0 Å². The van der Waals surface area contributed by atoms with E-state index in [2.05, 4.69) is 10.5 Å². The first-order valence-electron chi connectivity index (χ1n) is 9.70. The van der Waals surface area contributed by atoms with Gasteiger partial charge in [-0.05, 0) is 79.1 Å². The lowest BCUT2D eigenvalue weighted by Gasteiger charge is -2.24. The van der Waals surface area contributed by atoms with E-state index in [1.807, 2.05) is 13.8 Å². The van der Waals surface area contributed by atoms with Crippen molar-refractivity contribution in [3.8, 4) is 0 Å². The van der Waals surface area contributed by atoms with E-state index in [0.29, 0.717) is 26.3 Å². The highest BCUT2D eigenvalue weighted by molar-refractivity contribution is 7.92. The lowest BCUT2D eigenvalue weighted by molar-refractivity contribution is -0.119. The lowest BCUT2D eigenvalue weighted by atomic mass is 10.1. The van der Waals surface area contributed by atoms with Crippen molar-refractivity contribution in [1.29, 1.82) is 0 Å². The molecule has 0 aliphatic rings. The van der Waals surface area contributed by atoms with Crippen molar-refractivity contribution in [1.82, 2.24) is 5.43 Å². The van der Waals surface area contributed by atoms with E-state index in [9.17, 15) is 13.2 Å². The second kappa shape index (κ2) is 10.6. The SMILES string of the molecule is Cc1ccc(N(CC(=O)N/N=C\c2ccc(Cl)c(Cl)c2)S(=O)(=O)c2ccc(Cl)cc2)cc1C. The van der Waals surface area contributed by atoms with Crippen LogP contribution in [0.2, 0.25) is 15.1 Å². The molecule has 0 saturated carbocycles. The minimum atomic E-state index is -4.05. The third kappa shape index (κ3) is 6.26. The van der Waals surface area contributed by atoms with E-state index >= 15 is 0 Å². The number of halogens is 3. The maximum atomic E-state index is 13.4. The van der Waals surface area contributed by atoms with Gasteiger partial charge in [0.1, 0.15) is 6.54 Å². The highest BCUT2D eigenvalue weighted by Crippen LogP contribution is 2.26. The van der Waals surface area contributed by atoms with Crippen LogP contribution in [0.15, 0.2) is 70.7 Å². The van der Waals surface area contributed by atoms with Gasteiger partial charge in [0, 0.05) is 5.02 Å². The predicted octanol–water partition coefficient (Wildman–Crippen LogP) is 5.61. The van der Waals surface area contributed by atoms with E-state index in [-0.39, 0.29) is 4.90 Å². The van der Waals surface area contributed by atoms with E-state index in [1.165, 1.54) is 30.5 Å². The van der Waals surface area contributed by atoms with E-state index in [0.717, 1.165) is 15.4 Å². The van der Waals surface area contributed by atoms with Crippen molar-refractivity contribution in [2.24, 2.45) is 5.10 Å². The highest BCUT2D eigenvalue weighted by Gasteiger charge is 2.27. The molecular formula is C23H20Cl3N3O3S. The van der Waals surface area contributed by atoms with Crippen molar-refractivity contribution < 1.29 is 13.2 Å². The summed E-state index contributed by atoms with van der Waals surface area (Å²) >= 11 is 17.8. The molecule has 0 aliphatic heterocycles. The Kier molecular flexibility index (Phi) is 8.02. The van der Waals surface area contributed by atoms with Crippen molar-refractivity contribution in [3.05, 3.63) is 92.4 Å². The molecule has 3 aromatic rings. The minimum Gasteiger partial charge on any atom is -0.271 e. The molecule has 0 fully saturated rings. The Bertz CT molecular complexity index is 1310. The molecule has 6 nitrogen and oxygen atoms in total. The fraction of sp³-hybridized carbons (Fsp3) is 0.130. The monoisotopic (exact) mass is 523 g/mol. The molecule has 0 spiro atoms. The second-order valence-corrected chi connectivity index (χ2v) is 10.3. The summed E-state index contributed by atoms with van der Waals surface area (Å²) in [6.45, 7) is 3.31. The molecule has 33 heavy (non-hydrogen) atoms. The molecule has 0 unspecified atom stereocenters. The van der Waals surface area contributed by atoms with Crippen LogP contribution in [-0.2, 0) is 14.8 Å². The number of hydrogen-bond donors (Lipinski definition) is 1. The Morgan fingerprint density at radius 3 is 2.27 bits per heavy atom. The number of nitrogens with one attached hydrogen (secondary N) is 1. The minimum absolute atomic E-state index is 0.0113. The number of carbonyl (C=O) groups excluding carboxylic acids is 1. The van der Waals surface area contributed by atoms with E-state index in [4.69, 9.17) is 34.8 Å². The average molecular weight is 525 g/mol. The molecule has 0 atom stereocenters. The van der Waals surface area contributed by atoms with Crippen LogP contribution in [0.1, 0.15) is 16.7 Å². The Balaban J connectivity index is 1.86. The predicted molar refractivity (Wildman–Crippen MR) is 134 cm³/mol. The van der Waals surface area contributed by atoms with Crippen LogP contribution in [0.25, 0.3) is 0 Å². The zero-order valence-corrected chi connectivity index (χ0v) is 20.8. The number of aryl methyl sites for hydroxylation is 2. The van der Waals surface area contributed by atoms with Gasteiger partial charge in [0.15, 0.2) is 0 Å². The molecule has 1 amide bonds. The fourth-order valence-corrected chi connectivity index (χ4v) is 4.71. The zero-order chi connectivity index (χ0) is 24.2. The van der Waals surface area contributed by atoms with Gasteiger partial charge in [-0.3, -0.25) is 9.10 Å². The van der Waals surface area contributed by atoms with Gasteiger partial charge in [-0.15, -0.1) is 0 Å². The topological polar surface area (TPSA) is 78.8 Å². The summed E-state index contributed by atoms with van der Waals surface area (Å²) in [6, 6.07) is 15.8. The molecule has 3 rings (SSSR count). The van der Waals surface area contributed by atoms with Crippen LogP contribution in [0.4, 0.5) is 5.69 Å². The van der Waals surface area contributed by atoms with Crippen LogP contribution < -0.4 is 9.73 Å². The van der Waals surface area contributed by atoms with Crippen molar-refractivity contribution in [3.63, 3.8) is 0 Å². The van der Waals surface area contributed by atoms with Crippen LogP contribution in [0, 0.1) is 13.8 Å². The number of carbonyl (C=O) groups is 1. The quantitative estimate of drug-likeness (QED) is 0.322. The zero-order valence-electron chi connectivity index (χ0n) is 17.7. The molecule has 1 N–H and O–H groups in total. The summed E-state index contributed by atoms with van der Waals surface area (Å²) in [5.74, 6) is -0.623. The molecule has 3 aromatic carbocycles. The third-order valence-corrected chi connectivity index (χ3v) is 7.59. The smallest absolute Gasteiger partial charge is 0.264 e. The Morgan fingerprint density at radius 2 is 1.64 bits per heavy atom. The first kappa shape index (κ1) is 25.1. The van der Waals surface area contributed by atoms with E-state index < -0.39 is 22.5 Å². The third-order valence-electron chi connectivity index (χ3n) is 4.81. The molecule has 0 bridgehead atoms. The number of anilines is 1. The number of hydrazone groups is 1. The van der Waals surface area contributed by atoms with Gasteiger partial charge < -0.3 is 0 Å². The molecular weight excluding hydrogens is 505 g/mol. The van der Waals surface area contributed by atoms with Crippen molar-refractivity contribution in [2.45, 2.75) is 18.7 Å². The van der Waals surface area contributed by atoms with Gasteiger partial charge in [0.2, 0.25) is 0 Å². The van der Waals surface area contributed by atoms with Gasteiger partial charge in [0.25, 0.3) is 15.9 Å². The summed E-state index contributed by atoms with van der Waals surface area (Å²) in [7, 11) is -4.05. The highest BCUT2D eigenvalue weighted by atomic mass is 35.5. The summed E-state index contributed by atoms with van der Waals surface area (Å²) < 4.78 is 27.8. The molecule has 10 heteroatoms. The maximum Gasteiger partial charge on any atom is 0.264 e. The van der Waals surface area contributed by atoms with Crippen LogP contribution in [-0.4, -0.2) is 27.1 Å². The van der Waals surface area contributed by atoms with Crippen LogP contribution in [0.3, 0.4) is 0 Å². The number of sulfonamides is 1. The molecule has 172 valence electrons. The number of benzene rings is 3. The lowest BCUT2D eigenvalue weighted by Crippen LogP contribution is -2.39. The Hall–Kier alpha value is -2.58. The number of hydrogen-bond acceptors (Lipinski definition) is 4. The van der Waals surface area contributed by atoms with Crippen molar-refractivity contribution >= 4 is 62.6 Å². The van der Waals surface area contributed by atoms with Gasteiger partial charge in [0.05, 0.1) is 26.8 Å². The largest absolute Gasteiger partial charge is 0.271 e. The first-order chi connectivity index (χ1) is 15.6.